The van der Waals surface area contributed by atoms with Gasteiger partial charge in [-0.05, 0) is 49.4 Å². The summed E-state index contributed by atoms with van der Waals surface area (Å²) in [7, 11) is 0. The lowest BCUT2D eigenvalue weighted by atomic mass is 9.99. The highest BCUT2D eigenvalue weighted by Crippen LogP contribution is 2.28. The molecule has 3 aromatic rings. The van der Waals surface area contributed by atoms with E-state index in [1.54, 1.807) is 26.0 Å². The molecule has 42 heavy (non-hydrogen) atoms. The zero-order valence-corrected chi connectivity index (χ0v) is 23.8. The predicted octanol–water partition coefficient (Wildman–Crippen LogP) is 2.06. The van der Waals surface area contributed by atoms with Crippen LogP contribution in [0.15, 0.2) is 35.3 Å². The summed E-state index contributed by atoms with van der Waals surface area (Å²) >= 11 is 0. The number of hydrogen-bond donors (Lipinski definition) is 3. The number of benzene rings is 1. The number of ether oxygens (including phenoxy) is 1. The number of aliphatic hydroxyl groups excluding tert-OH is 1. The number of aliphatic hydroxyl groups is 1. The van der Waals surface area contributed by atoms with Crippen LogP contribution in [0.1, 0.15) is 52.8 Å². The Morgan fingerprint density at radius 2 is 1.98 bits per heavy atom. The molecule has 13 heteroatoms. The van der Waals surface area contributed by atoms with Crippen LogP contribution >= 0.6 is 0 Å². The second kappa shape index (κ2) is 13.3. The molecule has 5 rings (SSSR count). The van der Waals surface area contributed by atoms with E-state index in [4.69, 9.17) is 9.15 Å². The number of halogens is 1. The van der Waals surface area contributed by atoms with Gasteiger partial charge in [0.25, 0.3) is 5.91 Å². The minimum absolute atomic E-state index is 0.0423. The Kier molecular flexibility index (Phi) is 9.28. The maximum atomic E-state index is 14.8. The quantitative estimate of drug-likeness (QED) is 0.325. The number of oxazole rings is 1. The maximum Gasteiger partial charge on any atom is 0.270 e. The number of fused-ring (bicyclic) bond motifs is 1. The topological polar surface area (TPSA) is 146 Å². The molecule has 0 saturated carbocycles. The molecule has 0 aliphatic carbocycles. The van der Waals surface area contributed by atoms with Crippen molar-refractivity contribution in [1.29, 1.82) is 0 Å². The fourth-order valence-corrected chi connectivity index (χ4v) is 5.26. The summed E-state index contributed by atoms with van der Waals surface area (Å²) in [4.78, 5) is 40.4. The lowest BCUT2D eigenvalue weighted by Crippen LogP contribution is -2.42. The summed E-state index contributed by atoms with van der Waals surface area (Å²) in [5, 5.41) is 16.7. The van der Waals surface area contributed by atoms with Crippen LogP contribution in [0.4, 0.5) is 10.2 Å². The van der Waals surface area contributed by atoms with Gasteiger partial charge in [-0.1, -0.05) is 0 Å². The summed E-state index contributed by atoms with van der Waals surface area (Å²) in [6.07, 6.45) is 4.11. The van der Waals surface area contributed by atoms with Crippen molar-refractivity contribution in [3.63, 3.8) is 0 Å². The number of carbonyl (C=O) groups excluding carboxylic acids is 2. The molecule has 2 aromatic heterocycles. The Hall–Kier alpha value is -4.10. The zero-order valence-electron chi connectivity index (χ0n) is 23.8. The van der Waals surface area contributed by atoms with Crippen LogP contribution in [-0.2, 0) is 24.4 Å². The van der Waals surface area contributed by atoms with Crippen LogP contribution < -0.4 is 15.4 Å². The minimum Gasteiger partial charge on any atom is -0.482 e. The van der Waals surface area contributed by atoms with Gasteiger partial charge in [0, 0.05) is 58.3 Å². The first kappa shape index (κ1) is 29.4. The Bertz CT molecular complexity index is 1410. The first-order chi connectivity index (χ1) is 20.2. The first-order valence-electron chi connectivity index (χ1n) is 14.1. The Balaban J connectivity index is 1.08. The molecule has 2 aliphatic heterocycles. The lowest BCUT2D eigenvalue weighted by molar-refractivity contribution is -0.129. The van der Waals surface area contributed by atoms with E-state index in [0.717, 1.165) is 24.0 Å². The largest absolute Gasteiger partial charge is 0.482 e. The Morgan fingerprint density at radius 3 is 2.71 bits per heavy atom. The summed E-state index contributed by atoms with van der Waals surface area (Å²) in [5.41, 5.74) is 2.74. The molecule has 2 amide bonds. The van der Waals surface area contributed by atoms with E-state index < -0.39 is 17.8 Å². The fraction of sp³-hybridized carbons (Fsp3) is 0.483. The van der Waals surface area contributed by atoms with Crippen LogP contribution in [0.25, 0.3) is 0 Å². The Morgan fingerprint density at radius 1 is 1.17 bits per heavy atom. The third-order valence-electron chi connectivity index (χ3n) is 7.71. The summed E-state index contributed by atoms with van der Waals surface area (Å²) in [5.74, 6) is 0.468. The number of aromatic nitrogens is 3. The van der Waals surface area contributed by atoms with E-state index in [1.807, 2.05) is 9.80 Å². The number of likely N-dealkylation sites (tertiary alicyclic amines) is 1. The van der Waals surface area contributed by atoms with Crippen molar-refractivity contribution in [3.05, 3.63) is 65.0 Å². The third-order valence-corrected chi connectivity index (χ3v) is 7.71. The van der Waals surface area contributed by atoms with Crippen molar-refractivity contribution in [3.8, 4) is 5.75 Å². The van der Waals surface area contributed by atoms with E-state index in [-0.39, 0.29) is 36.5 Å². The molecule has 0 spiro atoms. The Labute approximate surface area is 243 Å². The normalized spacial score (nSPS) is 16.5. The molecule has 1 aromatic carbocycles. The zero-order chi connectivity index (χ0) is 29.6. The van der Waals surface area contributed by atoms with Crippen LogP contribution in [-0.4, -0.2) is 86.5 Å². The molecule has 224 valence electrons. The fourth-order valence-electron chi connectivity index (χ4n) is 5.26. The van der Waals surface area contributed by atoms with Crippen molar-refractivity contribution < 1.29 is 28.2 Å². The SMILES string of the molecule is CC(=O)N1CCC(Nc2cc(C(=O)NC[C@H](O)CN3CCc4cc(OCc5ocnc5C)c(F)cc4C3)ncn2)CC1. The number of nitrogens with zero attached hydrogens (tertiary/aromatic N) is 5. The van der Waals surface area contributed by atoms with Gasteiger partial charge in [-0.15, -0.1) is 0 Å². The molecule has 1 atom stereocenters. The van der Waals surface area contributed by atoms with E-state index in [1.165, 1.54) is 18.8 Å². The number of anilines is 1. The van der Waals surface area contributed by atoms with Crippen LogP contribution in [0.2, 0.25) is 0 Å². The third kappa shape index (κ3) is 7.39. The second-order valence-corrected chi connectivity index (χ2v) is 10.8. The lowest BCUT2D eigenvalue weighted by Gasteiger charge is -2.31. The average molecular weight is 582 g/mol. The predicted molar refractivity (Wildman–Crippen MR) is 150 cm³/mol. The summed E-state index contributed by atoms with van der Waals surface area (Å²) < 4.78 is 25.7. The number of amides is 2. The van der Waals surface area contributed by atoms with Gasteiger partial charge in [0.1, 0.15) is 24.4 Å². The number of β-amino-alcohol motifs (C(OH)–C–C–N with tert-alkyl or cyclic N) is 1. The average Bonchev–Trinajstić information content (AvgIpc) is 3.39. The molecular weight excluding hydrogens is 545 g/mol. The van der Waals surface area contributed by atoms with Gasteiger partial charge in [0.05, 0.1) is 11.8 Å². The number of hydrogen-bond acceptors (Lipinski definition) is 10. The van der Waals surface area contributed by atoms with Gasteiger partial charge in [-0.25, -0.2) is 19.3 Å². The molecule has 1 fully saturated rings. The molecule has 4 heterocycles. The van der Waals surface area contributed by atoms with E-state index in [0.29, 0.717) is 56.4 Å². The van der Waals surface area contributed by atoms with Gasteiger partial charge in [-0.2, -0.15) is 0 Å². The van der Waals surface area contributed by atoms with E-state index in [2.05, 4.69) is 25.6 Å². The van der Waals surface area contributed by atoms with Crippen molar-refractivity contribution in [1.82, 2.24) is 30.1 Å². The molecule has 1 saturated heterocycles. The molecule has 0 bridgehead atoms. The number of carbonyl (C=O) groups is 2. The molecular formula is C29H36FN7O5. The summed E-state index contributed by atoms with van der Waals surface area (Å²) in [6.45, 7) is 6.35. The van der Waals surface area contributed by atoms with Gasteiger partial charge >= 0.3 is 0 Å². The van der Waals surface area contributed by atoms with Crippen molar-refractivity contribution in [2.75, 3.05) is 38.0 Å². The highest BCUT2D eigenvalue weighted by atomic mass is 19.1. The second-order valence-electron chi connectivity index (χ2n) is 10.8. The van der Waals surface area contributed by atoms with Crippen molar-refractivity contribution >= 4 is 17.6 Å². The standard InChI is InChI=1S/C29H36FN7O5/c1-18-27(42-17-34-18)15-41-26-10-20-3-6-36(13-21(20)9-24(26)30)14-23(39)12-31-29(40)25-11-28(33-16-32-25)35-22-4-7-37(8-5-22)19(2)38/h9-11,16-17,22-23,39H,3-8,12-15H2,1-2H3,(H,31,40)(H,32,33,35)/t23-/m0/s1. The molecule has 3 N–H and O–H groups in total. The molecule has 0 unspecified atom stereocenters. The van der Waals surface area contributed by atoms with E-state index >= 15 is 0 Å². The first-order valence-corrected chi connectivity index (χ1v) is 14.1. The van der Waals surface area contributed by atoms with Gasteiger partial charge in [0.2, 0.25) is 5.91 Å². The number of nitrogens with one attached hydrogen (secondary N) is 2. The van der Waals surface area contributed by atoms with Crippen LogP contribution in [0.3, 0.4) is 0 Å². The van der Waals surface area contributed by atoms with Crippen LogP contribution in [0, 0.1) is 12.7 Å². The highest BCUT2D eigenvalue weighted by Gasteiger charge is 2.23. The van der Waals surface area contributed by atoms with Crippen molar-refractivity contribution in [2.24, 2.45) is 0 Å². The molecule has 2 aliphatic rings. The highest BCUT2D eigenvalue weighted by molar-refractivity contribution is 5.92. The maximum absolute atomic E-state index is 14.8. The molecule has 12 nitrogen and oxygen atoms in total. The van der Waals surface area contributed by atoms with Crippen LogP contribution in [0.5, 0.6) is 5.75 Å². The molecule has 0 radical (unpaired) electrons. The number of piperidine rings is 1. The number of aryl methyl sites for hydroxylation is 1. The summed E-state index contributed by atoms with van der Waals surface area (Å²) in [6, 6.07) is 4.94. The smallest absolute Gasteiger partial charge is 0.270 e. The van der Waals surface area contributed by atoms with Crippen molar-refractivity contribution in [2.45, 2.75) is 58.4 Å². The van der Waals surface area contributed by atoms with Gasteiger partial charge < -0.3 is 29.8 Å². The van der Waals surface area contributed by atoms with E-state index in [9.17, 15) is 19.1 Å². The minimum atomic E-state index is -0.820. The number of rotatable bonds is 10. The van der Waals surface area contributed by atoms with Gasteiger partial charge in [0.15, 0.2) is 23.7 Å². The monoisotopic (exact) mass is 581 g/mol. The van der Waals surface area contributed by atoms with Gasteiger partial charge in [-0.3, -0.25) is 14.5 Å².